The third-order valence-corrected chi connectivity index (χ3v) is 2.59. The van der Waals surface area contributed by atoms with Gasteiger partial charge in [0.15, 0.2) is 5.75 Å². The number of amidine groups is 1. The summed E-state index contributed by atoms with van der Waals surface area (Å²) in [5.41, 5.74) is 1.62. The minimum Gasteiger partial charge on any atom is -0.505 e. The quantitative estimate of drug-likeness (QED) is 0.649. The van der Waals surface area contributed by atoms with Gasteiger partial charge in [0.25, 0.3) is 0 Å². The minimum absolute atomic E-state index is 0.277. The molecule has 1 aliphatic heterocycles. The molecule has 0 radical (unpaired) electrons. The number of para-hydroxylation sites is 1. The van der Waals surface area contributed by atoms with Crippen LogP contribution in [0.5, 0.6) is 5.75 Å². The molecule has 3 rings (SSSR count). The molecule has 0 saturated heterocycles. The Morgan fingerprint density at radius 3 is 2.87 bits per heavy atom. The molecule has 0 atom stereocenters. The van der Waals surface area contributed by atoms with Crippen LogP contribution in [0.4, 0.5) is 0 Å². The Kier molecular flexibility index (Phi) is 1.68. The fraction of sp³-hybridized carbons (Fsp3) is 0.182. The number of aliphatic imine (C=N–C) groups is 1. The highest BCUT2D eigenvalue weighted by molar-refractivity contribution is 6.06. The molecule has 2 aromatic rings. The van der Waals surface area contributed by atoms with Gasteiger partial charge in [-0.2, -0.15) is 0 Å². The highest BCUT2D eigenvalue weighted by Crippen LogP contribution is 2.28. The summed E-state index contributed by atoms with van der Waals surface area (Å²) in [7, 11) is 0. The number of aromatic nitrogens is 1. The maximum atomic E-state index is 10.00. The Bertz CT molecular complexity index is 542. The number of nitrogens with one attached hydrogen (secondary N) is 2. The van der Waals surface area contributed by atoms with Gasteiger partial charge in [-0.1, -0.05) is 12.1 Å². The van der Waals surface area contributed by atoms with E-state index in [4.69, 9.17) is 0 Å². The van der Waals surface area contributed by atoms with Crippen LogP contribution in [0.3, 0.4) is 0 Å². The van der Waals surface area contributed by atoms with Crippen LogP contribution < -0.4 is 5.32 Å². The van der Waals surface area contributed by atoms with Crippen LogP contribution in [0.2, 0.25) is 0 Å². The van der Waals surface area contributed by atoms with Crippen LogP contribution in [0.1, 0.15) is 5.69 Å². The Hall–Kier alpha value is -1.97. The summed E-state index contributed by atoms with van der Waals surface area (Å²) in [6, 6.07) is 7.67. The van der Waals surface area contributed by atoms with Crippen LogP contribution in [-0.2, 0) is 0 Å². The standard InChI is InChI=1S/C11H11N3O/c15-10-7-3-1-2-4-8(7)14-9(10)11-12-5-6-13-11/h1-4,14-15H,5-6H2,(H,12,13). The number of hydrogen-bond acceptors (Lipinski definition) is 3. The van der Waals surface area contributed by atoms with E-state index in [9.17, 15) is 5.11 Å². The summed E-state index contributed by atoms with van der Waals surface area (Å²) >= 11 is 0. The van der Waals surface area contributed by atoms with Gasteiger partial charge in [0.1, 0.15) is 11.5 Å². The van der Waals surface area contributed by atoms with Crippen molar-refractivity contribution in [2.45, 2.75) is 0 Å². The van der Waals surface area contributed by atoms with Crippen LogP contribution in [0, 0.1) is 0 Å². The monoisotopic (exact) mass is 201 g/mol. The molecular weight excluding hydrogens is 190 g/mol. The maximum absolute atomic E-state index is 10.00. The fourth-order valence-electron chi connectivity index (χ4n) is 1.86. The first-order valence-electron chi connectivity index (χ1n) is 4.94. The summed E-state index contributed by atoms with van der Waals surface area (Å²) in [6.07, 6.45) is 0. The molecule has 0 saturated carbocycles. The Morgan fingerprint density at radius 2 is 2.13 bits per heavy atom. The zero-order chi connectivity index (χ0) is 10.3. The van der Waals surface area contributed by atoms with Gasteiger partial charge in [0.05, 0.1) is 6.54 Å². The third-order valence-electron chi connectivity index (χ3n) is 2.59. The molecule has 2 heterocycles. The van der Waals surface area contributed by atoms with Gasteiger partial charge in [-0.3, -0.25) is 4.99 Å². The van der Waals surface area contributed by atoms with E-state index < -0.39 is 0 Å². The Labute approximate surface area is 86.7 Å². The Morgan fingerprint density at radius 1 is 1.27 bits per heavy atom. The van der Waals surface area contributed by atoms with Crippen LogP contribution in [0.25, 0.3) is 10.9 Å². The van der Waals surface area contributed by atoms with Crippen molar-refractivity contribution in [2.24, 2.45) is 4.99 Å². The molecule has 0 amide bonds. The van der Waals surface area contributed by atoms with E-state index in [1.807, 2.05) is 24.3 Å². The lowest BCUT2D eigenvalue weighted by Gasteiger charge is -1.98. The highest BCUT2D eigenvalue weighted by Gasteiger charge is 2.16. The summed E-state index contributed by atoms with van der Waals surface area (Å²) in [5.74, 6) is 1.03. The first-order valence-corrected chi connectivity index (χ1v) is 4.94. The fourth-order valence-corrected chi connectivity index (χ4v) is 1.86. The second kappa shape index (κ2) is 3.02. The van der Waals surface area contributed by atoms with E-state index in [0.29, 0.717) is 5.69 Å². The molecule has 3 N–H and O–H groups in total. The third kappa shape index (κ3) is 1.18. The first-order chi connectivity index (χ1) is 7.36. The largest absolute Gasteiger partial charge is 0.505 e. The van der Waals surface area contributed by atoms with Crippen molar-refractivity contribution < 1.29 is 5.11 Å². The van der Waals surface area contributed by atoms with E-state index in [0.717, 1.165) is 29.8 Å². The van der Waals surface area contributed by atoms with Crippen molar-refractivity contribution in [2.75, 3.05) is 13.1 Å². The van der Waals surface area contributed by atoms with Crippen LogP contribution >= 0.6 is 0 Å². The number of H-pyrrole nitrogens is 1. The van der Waals surface area contributed by atoms with Crippen molar-refractivity contribution in [3.05, 3.63) is 30.0 Å². The maximum Gasteiger partial charge on any atom is 0.152 e. The number of aromatic hydroxyl groups is 1. The zero-order valence-corrected chi connectivity index (χ0v) is 8.12. The van der Waals surface area contributed by atoms with Gasteiger partial charge in [0, 0.05) is 17.4 Å². The highest BCUT2D eigenvalue weighted by atomic mass is 16.3. The summed E-state index contributed by atoms with van der Waals surface area (Å²) < 4.78 is 0. The predicted molar refractivity (Wildman–Crippen MR) is 59.4 cm³/mol. The lowest BCUT2D eigenvalue weighted by molar-refractivity contribution is 0.480. The van der Waals surface area contributed by atoms with Gasteiger partial charge in [-0.05, 0) is 12.1 Å². The van der Waals surface area contributed by atoms with Crippen molar-refractivity contribution in [1.82, 2.24) is 10.3 Å². The first kappa shape index (κ1) is 8.35. The second-order valence-electron chi connectivity index (χ2n) is 3.55. The molecule has 0 unspecified atom stereocenters. The SMILES string of the molecule is Oc1c(C2=NCCN2)[nH]c2ccccc12. The Balaban J connectivity index is 2.23. The zero-order valence-electron chi connectivity index (χ0n) is 8.12. The van der Waals surface area contributed by atoms with Crippen LogP contribution in [0.15, 0.2) is 29.3 Å². The van der Waals surface area contributed by atoms with E-state index >= 15 is 0 Å². The molecule has 4 nitrogen and oxygen atoms in total. The van der Waals surface area contributed by atoms with Crippen molar-refractivity contribution >= 4 is 16.7 Å². The molecule has 0 aliphatic carbocycles. The van der Waals surface area contributed by atoms with Crippen LogP contribution in [-0.4, -0.2) is 29.0 Å². The molecule has 1 aromatic carbocycles. The topological polar surface area (TPSA) is 60.4 Å². The van der Waals surface area contributed by atoms with Gasteiger partial charge in [-0.25, -0.2) is 0 Å². The lowest BCUT2D eigenvalue weighted by atomic mass is 10.2. The number of hydrogen-bond donors (Lipinski definition) is 3. The molecular formula is C11H11N3O. The molecule has 76 valence electrons. The lowest BCUT2D eigenvalue weighted by Crippen LogP contribution is -2.19. The van der Waals surface area contributed by atoms with Crippen molar-refractivity contribution in [1.29, 1.82) is 0 Å². The molecule has 1 aliphatic rings. The number of nitrogens with zero attached hydrogens (tertiary/aromatic N) is 1. The number of aromatic amines is 1. The van der Waals surface area contributed by atoms with E-state index in [-0.39, 0.29) is 5.75 Å². The smallest absolute Gasteiger partial charge is 0.152 e. The number of rotatable bonds is 1. The molecule has 4 heteroatoms. The van der Waals surface area contributed by atoms with Gasteiger partial charge >= 0.3 is 0 Å². The summed E-state index contributed by atoms with van der Waals surface area (Å²) in [4.78, 5) is 7.44. The van der Waals surface area contributed by atoms with E-state index in [1.54, 1.807) is 0 Å². The molecule has 0 fully saturated rings. The minimum atomic E-state index is 0.277. The average Bonchev–Trinajstić information content (AvgIpc) is 2.87. The average molecular weight is 201 g/mol. The normalized spacial score (nSPS) is 15.3. The van der Waals surface area contributed by atoms with Gasteiger partial charge in [-0.15, -0.1) is 0 Å². The summed E-state index contributed by atoms with van der Waals surface area (Å²) in [5, 5.41) is 14.0. The number of benzene rings is 1. The van der Waals surface area contributed by atoms with Gasteiger partial charge in [0.2, 0.25) is 0 Å². The number of fused-ring (bicyclic) bond motifs is 1. The van der Waals surface area contributed by atoms with E-state index in [1.165, 1.54) is 0 Å². The molecule has 0 bridgehead atoms. The van der Waals surface area contributed by atoms with Gasteiger partial charge < -0.3 is 15.4 Å². The van der Waals surface area contributed by atoms with Crippen molar-refractivity contribution in [3.8, 4) is 5.75 Å². The molecule has 15 heavy (non-hydrogen) atoms. The van der Waals surface area contributed by atoms with E-state index in [2.05, 4.69) is 15.3 Å². The van der Waals surface area contributed by atoms with Crippen molar-refractivity contribution in [3.63, 3.8) is 0 Å². The molecule has 1 aromatic heterocycles. The molecule has 0 spiro atoms. The summed E-state index contributed by atoms with van der Waals surface area (Å²) in [6.45, 7) is 1.61. The second-order valence-corrected chi connectivity index (χ2v) is 3.55. The predicted octanol–water partition coefficient (Wildman–Crippen LogP) is 1.22.